The first kappa shape index (κ1) is 20.2. The maximum absolute atomic E-state index is 12.7. The minimum Gasteiger partial charge on any atom is -0.334 e. The van der Waals surface area contributed by atoms with Crippen LogP contribution in [-0.2, 0) is 9.84 Å². The summed E-state index contributed by atoms with van der Waals surface area (Å²) in [6.07, 6.45) is 6.49. The molecule has 1 aromatic rings. The molecule has 140 valence electrons. The lowest BCUT2D eigenvalue weighted by Gasteiger charge is -2.35. The van der Waals surface area contributed by atoms with Crippen LogP contribution in [-0.4, -0.2) is 43.6 Å². The summed E-state index contributed by atoms with van der Waals surface area (Å²) in [7, 11) is -3.27. The van der Waals surface area contributed by atoms with Crippen LogP contribution in [0.1, 0.15) is 55.3 Å². The Morgan fingerprint density at radius 1 is 1.04 bits per heavy atom. The third-order valence-electron chi connectivity index (χ3n) is 5.33. The summed E-state index contributed by atoms with van der Waals surface area (Å²) in [5.74, 6) is -0.0463. The molecule has 1 aliphatic heterocycles. The van der Waals surface area contributed by atoms with Gasteiger partial charge in [-0.2, -0.15) is 0 Å². The summed E-state index contributed by atoms with van der Waals surface area (Å²) in [4.78, 5) is 14.9. The highest BCUT2D eigenvalue weighted by Gasteiger charge is 2.31. The molecule has 7 heteroatoms. The highest BCUT2D eigenvalue weighted by atomic mass is 35.5. The van der Waals surface area contributed by atoms with Crippen molar-refractivity contribution in [2.45, 2.75) is 61.1 Å². The lowest BCUT2D eigenvalue weighted by Crippen LogP contribution is -2.47. The number of halogens is 1. The molecule has 1 atom stereocenters. The molecule has 3 rings (SSSR count). The smallest absolute Gasteiger partial charge is 0.254 e. The summed E-state index contributed by atoms with van der Waals surface area (Å²) in [6, 6.07) is 6.55. The van der Waals surface area contributed by atoms with E-state index in [2.05, 4.69) is 0 Å². The van der Waals surface area contributed by atoms with E-state index < -0.39 is 9.84 Å². The van der Waals surface area contributed by atoms with Crippen LogP contribution in [0.4, 0.5) is 0 Å². The monoisotopic (exact) mass is 386 g/mol. The van der Waals surface area contributed by atoms with Crippen molar-refractivity contribution in [2.75, 3.05) is 13.1 Å². The van der Waals surface area contributed by atoms with Gasteiger partial charge in [0, 0.05) is 24.7 Å². The zero-order valence-electron chi connectivity index (χ0n) is 14.4. The molecule has 1 aliphatic carbocycles. The molecule has 0 aromatic heterocycles. The number of nitrogens with zero attached hydrogens (tertiary/aromatic N) is 1. The first-order valence-corrected chi connectivity index (χ1v) is 10.4. The number of hydrogen-bond donors (Lipinski definition) is 1. The summed E-state index contributed by atoms with van der Waals surface area (Å²) >= 11 is 0. The second-order valence-corrected chi connectivity index (χ2v) is 9.09. The number of amides is 1. The van der Waals surface area contributed by atoms with E-state index in [4.69, 9.17) is 5.73 Å². The number of nitrogens with two attached hydrogens (primary N) is 1. The predicted octanol–water partition coefficient (Wildman–Crippen LogP) is 2.78. The average Bonchev–Trinajstić information content (AvgIpc) is 3.16. The molecule has 5 nitrogen and oxygen atoms in total. The van der Waals surface area contributed by atoms with Gasteiger partial charge in [-0.1, -0.05) is 12.8 Å². The Balaban J connectivity index is 0.00000225. The molecular weight excluding hydrogens is 360 g/mol. The SMILES string of the molecule is Cl.NCC1CCCCN1C(=O)c1ccc(S(=O)(=O)C2CCCC2)cc1. The van der Waals surface area contributed by atoms with Crippen molar-refractivity contribution >= 4 is 28.2 Å². The molecule has 1 heterocycles. The molecule has 0 spiro atoms. The Bertz CT molecular complexity index is 685. The van der Waals surface area contributed by atoms with Crippen LogP contribution in [0.5, 0.6) is 0 Å². The van der Waals surface area contributed by atoms with Gasteiger partial charge in [0.05, 0.1) is 10.1 Å². The second-order valence-electron chi connectivity index (χ2n) is 6.86. The Morgan fingerprint density at radius 3 is 2.24 bits per heavy atom. The van der Waals surface area contributed by atoms with Crippen LogP contribution in [0.3, 0.4) is 0 Å². The van der Waals surface area contributed by atoms with Crippen LogP contribution < -0.4 is 5.73 Å². The Morgan fingerprint density at radius 2 is 1.64 bits per heavy atom. The van der Waals surface area contributed by atoms with Gasteiger partial charge < -0.3 is 10.6 Å². The van der Waals surface area contributed by atoms with E-state index >= 15 is 0 Å². The van der Waals surface area contributed by atoms with Gasteiger partial charge in [-0.05, 0) is 56.4 Å². The molecule has 1 saturated heterocycles. The molecule has 2 aliphatic rings. The Hall–Kier alpha value is -1.11. The third kappa shape index (κ3) is 4.18. The molecule has 1 unspecified atom stereocenters. The van der Waals surface area contributed by atoms with Gasteiger partial charge in [-0.25, -0.2) is 8.42 Å². The van der Waals surface area contributed by atoms with Crippen molar-refractivity contribution in [3.05, 3.63) is 29.8 Å². The lowest BCUT2D eigenvalue weighted by molar-refractivity contribution is 0.0623. The number of benzene rings is 1. The molecule has 0 radical (unpaired) electrons. The predicted molar refractivity (Wildman–Crippen MR) is 101 cm³/mol. The van der Waals surface area contributed by atoms with Crippen molar-refractivity contribution < 1.29 is 13.2 Å². The number of sulfone groups is 1. The fourth-order valence-electron chi connectivity index (χ4n) is 3.86. The number of piperidine rings is 1. The van der Waals surface area contributed by atoms with E-state index in [9.17, 15) is 13.2 Å². The summed E-state index contributed by atoms with van der Waals surface area (Å²) in [5, 5.41) is -0.261. The van der Waals surface area contributed by atoms with E-state index in [0.717, 1.165) is 51.5 Å². The summed E-state index contributed by atoms with van der Waals surface area (Å²) in [5.41, 5.74) is 6.33. The largest absolute Gasteiger partial charge is 0.334 e. The van der Waals surface area contributed by atoms with Crippen LogP contribution in [0, 0.1) is 0 Å². The van der Waals surface area contributed by atoms with Gasteiger partial charge in [-0.15, -0.1) is 12.4 Å². The summed E-state index contributed by atoms with van der Waals surface area (Å²) in [6.45, 7) is 1.20. The van der Waals surface area contributed by atoms with Crippen molar-refractivity contribution in [1.29, 1.82) is 0 Å². The Labute approximate surface area is 156 Å². The average molecular weight is 387 g/mol. The highest BCUT2D eigenvalue weighted by molar-refractivity contribution is 7.92. The first-order valence-electron chi connectivity index (χ1n) is 8.89. The molecule has 1 amide bonds. The number of rotatable bonds is 4. The van der Waals surface area contributed by atoms with Crippen molar-refractivity contribution in [2.24, 2.45) is 5.73 Å². The van der Waals surface area contributed by atoms with E-state index in [1.165, 1.54) is 0 Å². The van der Waals surface area contributed by atoms with Gasteiger partial charge in [0.1, 0.15) is 0 Å². The minimum absolute atomic E-state index is 0. The third-order valence-corrected chi connectivity index (χ3v) is 7.61. The van der Waals surface area contributed by atoms with Crippen LogP contribution >= 0.6 is 12.4 Å². The molecule has 2 N–H and O–H groups in total. The molecular formula is C18H27ClN2O3S. The Kier molecular flexibility index (Phi) is 6.88. The zero-order valence-corrected chi connectivity index (χ0v) is 16.0. The van der Waals surface area contributed by atoms with Crippen molar-refractivity contribution in [3.8, 4) is 0 Å². The second kappa shape index (κ2) is 8.52. The highest BCUT2D eigenvalue weighted by Crippen LogP contribution is 2.30. The van der Waals surface area contributed by atoms with E-state index in [-0.39, 0.29) is 29.6 Å². The zero-order chi connectivity index (χ0) is 17.2. The normalized spacial score (nSPS) is 21.8. The van der Waals surface area contributed by atoms with E-state index in [1.807, 2.05) is 4.90 Å². The van der Waals surface area contributed by atoms with Gasteiger partial charge in [-0.3, -0.25) is 4.79 Å². The molecule has 1 aromatic carbocycles. The van der Waals surface area contributed by atoms with Crippen molar-refractivity contribution in [3.63, 3.8) is 0 Å². The molecule has 0 bridgehead atoms. The van der Waals surface area contributed by atoms with E-state index in [1.54, 1.807) is 24.3 Å². The van der Waals surface area contributed by atoms with Gasteiger partial charge in [0.25, 0.3) is 5.91 Å². The van der Waals surface area contributed by atoms with E-state index in [0.29, 0.717) is 17.0 Å². The van der Waals surface area contributed by atoms with Gasteiger partial charge in [0.2, 0.25) is 0 Å². The van der Waals surface area contributed by atoms with Crippen LogP contribution in [0.25, 0.3) is 0 Å². The van der Waals surface area contributed by atoms with Gasteiger partial charge >= 0.3 is 0 Å². The fourth-order valence-corrected chi connectivity index (χ4v) is 5.71. The quantitative estimate of drug-likeness (QED) is 0.862. The van der Waals surface area contributed by atoms with Crippen LogP contribution in [0.15, 0.2) is 29.2 Å². The summed E-state index contributed by atoms with van der Waals surface area (Å²) < 4.78 is 25.2. The number of hydrogen-bond acceptors (Lipinski definition) is 4. The number of carbonyl (C=O) groups excluding carboxylic acids is 1. The molecule has 2 fully saturated rings. The lowest BCUT2D eigenvalue weighted by atomic mass is 10.0. The van der Waals surface area contributed by atoms with Crippen molar-refractivity contribution in [1.82, 2.24) is 4.90 Å². The maximum Gasteiger partial charge on any atom is 0.254 e. The van der Waals surface area contributed by atoms with Gasteiger partial charge in [0.15, 0.2) is 9.84 Å². The van der Waals surface area contributed by atoms with Crippen LogP contribution in [0.2, 0.25) is 0 Å². The standard InChI is InChI=1S/C18H26N2O3S.ClH/c19-13-15-5-3-4-12-20(15)18(21)14-8-10-17(11-9-14)24(22,23)16-6-1-2-7-16;/h8-11,15-16H,1-7,12-13,19H2;1H. The topological polar surface area (TPSA) is 80.5 Å². The molecule has 25 heavy (non-hydrogen) atoms. The first-order chi connectivity index (χ1) is 11.5. The fraction of sp³-hybridized carbons (Fsp3) is 0.611. The minimum atomic E-state index is -3.27. The number of likely N-dealkylation sites (tertiary alicyclic amines) is 1. The maximum atomic E-state index is 12.7. The molecule has 1 saturated carbocycles. The number of carbonyl (C=O) groups is 1.